The average Bonchev–Trinajstić information content (AvgIpc) is 2.79. The highest BCUT2D eigenvalue weighted by Crippen LogP contribution is 2.38. The van der Waals surface area contributed by atoms with Crippen molar-refractivity contribution in [3.8, 4) is 11.1 Å². The van der Waals surface area contributed by atoms with E-state index in [-0.39, 0.29) is 0 Å². The summed E-state index contributed by atoms with van der Waals surface area (Å²) in [5, 5.41) is 2.58. The molecule has 0 unspecified atom stereocenters. The van der Waals surface area contributed by atoms with E-state index in [1.165, 1.54) is 32.6 Å². The summed E-state index contributed by atoms with van der Waals surface area (Å²) in [5.74, 6) is 0. The van der Waals surface area contributed by atoms with Gasteiger partial charge in [0.25, 0.3) is 0 Å². The van der Waals surface area contributed by atoms with Gasteiger partial charge in [-0.3, -0.25) is 0 Å². The number of aryl methyl sites for hydroxylation is 1. The third-order valence-corrected chi connectivity index (χ3v) is 3.98. The van der Waals surface area contributed by atoms with Crippen LogP contribution in [-0.4, -0.2) is 11.2 Å². The minimum Gasteiger partial charge on any atom is -0.349 e. The van der Waals surface area contributed by atoms with Crippen LogP contribution in [0.5, 0.6) is 0 Å². The summed E-state index contributed by atoms with van der Waals surface area (Å²) in [6.45, 7) is 2.17. The maximum atomic E-state index is 3.52. The van der Waals surface area contributed by atoms with Gasteiger partial charge in [0, 0.05) is 16.5 Å². The second kappa shape index (κ2) is 4.54. The molecule has 3 aromatic rings. The molecule has 0 aliphatic rings. The number of nitrogens with one attached hydrogen (secondary N) is 1. The lowest BCUT2D eigenvalue weighted by Crippen LogP contribution is -1.80. The fraction of sp³-hybridized carbons (Fsp3) is 0.125. The monoisotopic (exact) mass is 253 g/mol. The number of thioether (sulfide) groups is 1. The SMILES string of the molecule is CSc1[nH]c2cccc(C)c2c1-c1ccccc1. The first-order chi connectivity index (χ1) is 8.81. The van der Waals surface area contributed by atoms with Gasteiger partial charge in [0.05, 0.1) is 5.03 Å². The zero-order valence-corrected chi connectivity index (χ0v) is 11.3. The van der Waals surface area contributed by atoms with Crippen LogP contribution in [-0.2, 0) is 0 Å². The van der Waals surface area contributed by atoms with Gasteiger partial charge in [-0.15, -0.1) is 11.8 Å². The van der Waals surface area contributed by atoms with E-state index in [2.05, 4.69) is 66.7 Å². The highest BCUT2D eigenvalue weighted by Gasteiger charge is 2.13. The number of benzene rings is 2. The second-order valence-electron chi connectivity index (χ2n) is 4.40. The van der Waals surface area contributed by atoms with Gasteiger partial charge in [-0.1, -0.05) is 42.5 Å². The predicted molar refractivity (Wildman–Crippen MR) is 80.3 cm³/mol. The number of aromatic nitrogens is 1. The number of rotatable bonds is 2. The van der Waals surface area contributed by atoms with Crippen LogP contribution in [0.3, 0.4) is 0 Å². The normalized spacial score (nSPS) is 11.0. The minimum absolute atomic E-state index is 1.22. The van der Waals surface area contributed by atoms with Gasteiger partial charge in [0.15, 0.2) is 0 Å². The number of hydrogen-bond acceptors (Lipinski definition) is 1. The molecule has 1 nitrogen and oxygen atoms in total. The number of fused-ring (bicyclic) bond motifs is 1. The van der Waals surface area contributed by atoms with E-state index in [1.807, 2.05) is 0 Å². The predicted octanol–water partition coefficient (Wildman–Crippen LogP) is 4.87. The Morgan fingerprint density at radius 1 is 0.944 bits per heavy atom. The summed E-state index contributed by atoms with van der Waals surface area (Å²) >= 11 is 1.77. The van der Waals surface area contributed by atoms with Gasteiger partial charge in [0.2, 0.25) is 0 Å². The lowest BCUT2D eigenvalue weighted by molar-refractivity contribution is 1.25. The maximum absolute atomic E-state index is 3.52. The summed E-state index contributed by atoms with van der Waals surface area (Å²) in [5.41, 5.74) is 5.15. The third-order valence-electron chi connectivity index (χ3n) is 3.26. The lowest BCUT2D eigenvalue weighted by Gasteiger charge is -2.04. The van der Waals surface area contributed by atoms with Crippen molar-refractivity contribution in [2.75, 3.05) is 6.26 Å². The van der Waals surface area contributed by atoms with Crippen LogP contribution in [0.15, 0.2) is 53.6 Å². The fourth-order valence-electron chi connectivity index (χ4n) is 2.44. The van der Waals surface area contributed by atoms with Gasteiger partial charge in [-0.2, -0.15) is 0 Å². The van der Waals surface area contributed by atoms with Crippen molar-refractivity contribution in [2.45, 2.75) is 11.9 Å². The minimum atomic E-state index is 1.22. The molecule has 0 amide bonds. The summed E-state index contributed by atoms with van der Waals surface area (Å²) in [6.07, 6.45) is 2.12. The van der Waals surface area contributed by atoms with E-state index in [0.717, 1.165) is 0 Å². The molecule has 0 spiro atoms. The Labute approximate surface area is 111 Å². The summed E-state index contributed by atoms with van der Waals surface area (Å²) in [4.78, 5) is 3.52. The Kier molecular flexibility index (Phi) is 2.88. The van der Waals surface area contributed by atoms with Crippen LogP contribution < -0.4 is 0 Å². The molecule has 0 aliphatic heterocycles. The highest BCUT2D eigenvalue weighted by molar-refractivity contribution is 7.98. The molecule has 0 aliphatic carbocycles. The van der Waals surface area contributed by atoms with Crippen molar-refractivity contribution in [2.24, 2.45) is 0 Å². The fourth-order valence-corrected chi connectivity index (χ4v) is 3.07. The maximum Gasteiger partial charge on any atom is 0.0809 e. The van der Waals surface area contributed by atoms with Gasteiger partial charge in [-0.25, -0.2) is 0 Å². The van der Waals surface area contributed by atoms with Crippen molar-refractivity contribution in [3.63, 3.8) is 0 Å². The topological polar surface area (TPSA) is 15.8 Å². The van der Waals surface area contributed by atoms with E-state index >= 15 is 0 Å². The molecule has 0 saturated heterocycles. The smallest absolute Gasteiger partial charge is 0.0809 e. The molecular weight excluding hydrogens is 238 g/mol. The Hall–Kier alpha value is -1.67. The van der Waals surface area contributed by atoms with Gasteiger partial charge in [-0.05, 0) is 30.4 Å². The van der Waals surface area contributed by atoms with Gasteiger partial charge >= 0.3 is 0 Å². The molecule has 1 aromatic heterocycles. The first-order valence-corrected chi connectivity index (χ1v) is 7.24. The first-order valence-electron chi connectivity index (χ1n) is 6.02. The second-order valence-corrected chi connectivity index (χ2v) is 5.21. The Balaban J connectivity index is 2.39. The molecule has 90 valence electrons. The highest BCUT2D eigenvalue weighted by atomic mass is 32.2. The van der Waals surface area contributed by atoms with Crippen LogP contribution in [0.4, 0.5) is 0 Å². The van der Waals surface area contributed by atoms with Crippen molar-refractivity contribution >= 4 is 22.7 Å². The Morgan fingerprint density at radius 3 is 2.44 bits per heavy atom. The van der Waals surface area contributed by atoms with Crippen LogP contribution in [0.25, 0.3) is 22.0 Å². The van der Waals surface area contributed by atoms with E-state index in [4.69, 9.17) is 0 Å². The molecule has 0 atom stereocenters. The van der Waals surface area contributed by atoms with Gasteiger partial charge in [0.1, 0.15) is 0 Å². The lowest BCUT2D eigenvalue weighted by atomic mass is 10.0. The average molecular weight is 253 g/mol. The first kappa shape index (κ1) is 11.4. The molecule has 2 aromatic carbocycles. The summed E-state index contributed by atoms with van der Waals surface area (Å²) < 4.78 is 0. The van der Waals surface area contributed by atoms with Crippen LogP contribution in [0, 0.1) is 6.92 Å². The largest absolute Gasteiger partial charge is 0.349 e. The van der Waals surface area contributed by atoms with E-state index in [1.54, 1.807) is 11.8 Å². The van der Waals surface area contributed by atoms with Crippen LogP contribution >= 0.6 is 11.8 Å². The molecule has 1 N–H and O–H groups in total. The summed E-state index contributed by atoms with van der Waals surface area (Å²) in [6, 6.07) is 17.0. The van der Waals surface area contributed by atoms with Crippen LogP contribution in [0.2, 0.25) is 0 Å². The molecule has 18 heavy (non-hydrogen) atoms. The number of hydrogen-bond donors (Lipinski definition) is 1. The van der Waals surface area contributed by atoms with Gasteiger partial charge < -0.3 is 4.98 Å². The molecule has 0 saturated carbocycles. The van der Waals surface area contributed by atoms with Crippen molar-refractivity contribution in [3.05, 3.63) is 54.1 Å². The Bertz CT molecular complexity index is 683. The Morgan fingerprint density at radius 2 is 1.72 bits per heavy atom. The number of H-pyrrole nitrogens is 1. The molecule has 3 rings (SSSR count). The van der Waals surface area contributed by atoms with Crippen molar-refractivity contribution in [1.29, 1.82) is 0 Å². The molecule has 0 radical (unpaired) electrons. The van der Waals surface area contributed by atoms with E-state index < -0.39 is 0 Å². The van der Waals surface area contributed by atoms with E-state index in [9.17, 15) is 0 Å². The number of aromatic amines is 1. The van der Waals surface area contributed by atoms with Crippen molar-refractivity contribution < 1.29 is 0 Å². The zero-order chi connectivity index (χ0) is 12.5. The molecule has 1 heterocycles. The molecule has 0 bridgehead atoms. The molecular formula is C16H15NS. The third kappa shape index (κ3) is 1.73. The quantitative estimate of drug-likeness (QED) is 0.644. The molecule has 0 fully saturated rings. The molecule has 2 heteroatoms. The standard InChI is InChI=1S/C16H15NS/c1-11-7-6-10-13-14(11)15(16(17-13)18-2)12-8-4-3-5-9-12/h3-10,17H,1-2H3. The van der Waals surface area contributed by atoms with Crippen LogP contribution in [0.1, 0.15) is 5.56 Å². The summed E-state index contributed by atoms with van der Waals surface area (Å²) in [7, 11) is 0. The van der Waals surface area contributed by atoms with E-state index in [0.29, 0.717) is 0 Å². The zero-order valence-electron chi connectivity index (χ0n) is 10.5. The van der Waals surface area contributed by atoms with Crippen molar-refractivity contribution in [1.82, 2.24) is 4.98 Å².